The van der Waals surface area contributed by atoms with Crippen molar-refractivity contribution in [3.63, 3.8) is 0 Å². The van der Waals surface area contributed by atoms with Gasteiger partial charge in [0.05, 0.1) is 0 Å². The maximum absolute atomic E-state index is 5.25. The second kappa shape index (κ2) is 7.43. The molecule has 0 bridgehead atoms. The Kier molecular flexibility index (Phi) is 10.4. The van der Waals surface area contributed by atoms with Crippen LogP contribution in [0, 0.1) is 0 Å². The molecule has 0 fully saturated rings. The molecular formula is C4H14ClNOSi. The first-order chi connectivity index (χ1) is 3.31. The smallest absolute Gasteiger partial charge is 0.0393 e. The second-order valence-electron chi connectivity index (χ2n) is 1.62. The molecule has 0 aromatic heterocycles. The van der Waals surface area contributed by atoms with Crippen molar-refractivity contribution < 1.29 is 4.74 Å². The molecule has 4 heteroatoms. The van der Waals surface area contributed by atoms with Gasteiger partial charge < -0.3 is 10.5 Å². The Labute approximate surface area is 59.6 Å². The minimum absolute atomic E-state index is 0. The lowest BCUT2D eigenvalue weighted by Crippen LogP contribution is -2.15. The number of ether oxygens (including phenoxy) is 1. The molecule has 2 nitrogen and oxygen atoms in total. The van der Waals surface area contributed by atoms with E-state index in [0.29, 0.717) is 5.73 Å². The van der Waals surface area contributed by atoms with Crippen LogP contribution in [0.1, 0.15) is 6.42 Å². The van der Waals surface area contributed by atoms with Crippen LogP contribution in [0.5, 0.6) is 0 Å². The fraction of sp³-hybridized carbons (Fsp3) is 1.00. The van der Waals surface area contributed by atoms with Crippen molar-refractivity contribution in [3.05, 3.63) is 0 Å². The summed E-state index contributed by atoms with van der Waals surface area (Å²) in [7, 11) is 2.83. The van der Waals surface area contributed by atoms with Crippen LogP contribution in [0.2, 0.25) is 0 Å². The second-order valence-corrected chi connectivity index (χ2v) is 2.91. The van der Waals surface area contributed by atoms with Gasteiger partial charge in [-0.25, -0.2) is 0 Å². The lowest BCUT2D eigenvalue weighted by molar-refractivity contribution is 0.161. The van der Waals surface area contributed by atoms with E-state index in [-0.39, 0.29) is 12.4 Å². The molecule has 0 radical (unpaired) electrons. The molecule has 1 atom stereocenters. The molecule has 0 rings (SSSR count). The largest absolute Gasteiger partial charge is 0.386 e. The average molecular weight is 156 g/mol. The summed E-state index contributed by atoms with van der Waals surface area (Å²) >= 11 is 0. The van der Waals surface area contributed by atoms with Crippen LogP contribution in [0.3, 0.4) is 0 Å². The number of hydrogen-bond acceptors (Lipinski definition) is 2. The van der Waals surface area contributed by atoms with Gasteiger partial charge in [-0.2, -0.15) is 0 Å². The summed E-state index contributed by atoms with van der Waals surface area (Å²) in [4.78, 5) is 0. The lowest BCUT2D eigenvalue weighted by Gasteiger charge is -2.04. The molecule has 0 aliphatic heterocycles. The Balaban J connectivity index is 0. The van der Waals surface area contributed by atoms with Gasteiger partial charge >= 0.3 is 0 Å². The highest BCUT2D eigenvalue weighted by Crippen LogP contribution is 1.85. The van der Waals surface area contributed by atoms with Gasteiger partial charge in [0.15, 0.2) is 0 Å². The predicted octanol–water partition coefficient (Wildman–Crippen LogP) is -0.905. The van der Waals surface area contributed by atoms with Crippen LogP contribution in [-0.2, 0) is 4.74 Å². The van der Waals surface area contributed by atoms with Crippen molar-refractivity contribution in [2.75, 3.05) is 13.7 Å². The third kappa shape index (κ3) is 6.43. The SMILES string of the molecule is COC([SiH3])CCN.Cl. The molecule has 52 valence electrons. The van der Waals surface area contributed by atoms with E-state index in [2.05, 4.69) is 0 Å². The van der Waals surface area contributed by atoms with Gasteiger partial charge in [-0.3, -0.25) is 0 Å². The summed E-state index contributed by atoms with van der Waals surface area (Å²) in [6.07, 6.45) is 1.02. The van der Waals surface area contributed by atoms with E-state index >= 15 is 0 Å². The maximum atomic E-state index is 5.25. The Bertz CT molecular complexity index is 47.0. The Hall–Kier alpha value is 0.427. The Morgan fingerprint density at radius 3 is 2.38 bits per heavy atom. The van der Waals surface area contributed by atoms with Crippen LogP contribution in [0.25, 0.3) is 0 Å². The first-order valence-electron chi connectivity index (χ1n) is 2.54. The molecule has 0 saturated heterocycles. The predicted molar refractivity (Wildman–Crippen MR) is 41.7 cm³/mol. The van der Waals surface area contributed by atoms with Crippen LogP contribution < -0.4 is 5.73 Å². The van der Waals surface area contributed by atoms with Gasteiger partial charge in [0.25, 0.3) is 0 Å². The van der Waals surface area contributed by atoms with E-state index in [1.54, 1.807) is 7.11 Å². The quantitative estimate of drug-likeness (QED) is 0.536. The van der Waals surface area contributed by atoms with Crippen LogP contribution in [0.4, 0.5) is 0 Å². The Morgan fingerprint density at radius 2 is 2.25 bits per heavy atom. The zero-order chi connectivity index (χ0) is 5.70. The van der Waals surface area contributed by atoms with Gasteiger partial charge in [-0.15, -0.1) is 12.4 Å². The van der Waals surface area contributed by atoms with Crippen LogP contribution >= 0.6 is 12.4 Å². The normalized spacial score (nSPS) is 12.8. The highest BCUT2D eigenvalue weighted by molar-refractivity contribution is 6.10. The van der Waals surface area contributed by atoms with Gasteiger partial charge in [-0.05, 0) is 13.0 Å². The molecule has 0 amide bonds. The van der Waals surface area contributed by atoms with E-state index in [9.17, 15) is 0 Å². The molecule has 1 unspecified atom stereocenters. The number of rotatable bonds is 3. The molecule has 0 aromatic rings. The molecule has 0 aliphatic carbocycles. The average Bonchev–Trinajstić information content (AvgIpc) is 1.68. The third-order valence-electron chi connectivity index (χ3n) is 0.976. The fourth-order valence-electron chi connectivity index (χ4n) is 0.353. The molecule has 0 aromatic carbocycles. The molecular weight excluding hydrogens is 142 g/mol. The van der Waals surface area contributed by atoms with Crippen molar-refractivity contribution in [1.29, 1.82) is 0 Å². The van der Waals surface area contributed by atoms with E-state index in [1.807, 2.05) is 0 Å². The Morgan fingerprint density at radius 1 is 1.75 bits per heavy atom. The third-order valence-corrected chi connectivity index (χ3v) is 2.02. The van der Waals surface area contributed by atoms with E-state index in [0.717, 1.165) is 23.2 Å². The van der Waals surface area contributed by atoms with Gasteiger partial charge in [0.2, 0.25) is 0 Å². The zero-order valence-electron chi connectivity index (χ0n) is 5.39. The van der Waals surface area contributed by atoms with E-state index < -0.39 is 0 Å². The van der Waals surface area contributed by atoms with Crippen molar-refractivity contribution in [3.8, 4) is 0 Å². The minimum Gasteiger partial charge on any atom is -0.386 e. The lowest BCUT2D eigenvalue weighted by atomic mass is 10.5. The molecule has 2 N–H and O–H groups in total. The highest BCUT2D eigenvalue weighted by atomic mass is 35.5. The summed E-state index contributed by atoms with van der Waals surface area (Å²) < 4.78 is 4.97. The molecule has 0 heterocycles. The highest BCUT2D eigenvalue weighted by Gasteiger charge is 1.93. The zero-order valence-corrected chi connectivity index (χ0v) is 8.20. The van der Waals surface area contributed by atoms with E-state index in [4.69, 9.17) is 10.5 Å². The molecule has 8 heavy (non-hydrogen) atoms. The number of halogens is 1. The first-order valence-corrected chi connectivity index (χ1v) is 3.69. The maximum Gasteiger partial charge on any atom is 0.0393 e. The van der Waals surface area contributed by atoms with Gasteiger partial charge in [0.1, 0.15) is 0 Å². The minimum atomic E-state index is 0. The monoisotopic (exact) mass is 155 g/mol. The van der Waals surface area contributed by atoms with Gasteiger partial charge in [-0.1, -0.05) is 0 Å². The van der Waals surface area contributed by atoms with Crippen molar-refractivity contribution in [2.45, 2.75) is 12.1 Å². The summed E-state index contributed by atoms with van der Waals surface area (Å²) in [6.45, 7) is 0.752. The van der Waals surface area contributed by atoms with Crippen molar-refractivity contribution >= 4 is 22.6 Å². The fourth-order valence-corrected chi connectivity index (χ4v) is 0.686. The summed E-state index contributed by atoms with van der Waals surface area (Å²) in [5.74, 6) is 0. The van der Waals surface area contributed by atoms with E-state index in [1.165, 1.54) is 0 Å². The number of methoxy groups -OCH3 is 1. The first kappa shape index (κ1) is 11.3. The topological polar surface area (TPSA) is 35.2 Å². The summed E-state index contributed by atoms with van der Waals surface area (Å²) in [5, 5.41) is 0. The van der Waals surface area contributed by atoms with Crippen molar-refractivity contribution in [2.24, 2.45) is 5.73 Å². The van der Waals surface area contributed by atoms with Crippen LogP contribution in [0.15, 0.2) is 0 Å². The molecule has 0 aliphatic rings. The van der Waals surface area contributed by atoms with Crippen molar-refractivity contribution in [1.82, 2.24) is 0 Å². The van der Waals surface area contributed by atoms with Crippen LogP contribution in [-0.4, -0.2) is 29.6 Å². The standard InChI is InChI=1S/C4H13NOSi.ClH/c1-6-4(7)2-3-5;/h4H,2-3,5H2,1,7H3;1H. The molecule has 0 saturated carbocycles. The number of nitrogens with two attached hydrogens (primary N) is 1. The number of hydrogen-bond donors (Lipinski definition) is 1. The van der Waals surface area contributed by atoms with Gasteiger partial charge in [0, 0.05) is 23.1 Å². The summed E-state index contributed by atoms with van der Waals surface area (Å²) in [5.41, 5.74) is 5.71. The summed E-state index contributed by atoms with van der Waals surface area (Å²) in [6, 6.07) is 0. The molecule has 0 spiro atoms.